The molecule has 0 bridgehead atoms. The molecule has 0 radical (unpaired) electrons. The molecule has 5 heteroatoms. The van der Waals surface area contributed by atoms with E-state index in [2.05, 4.69) is 10.6 Å². The van der Waals surface area contributed by atoms with E-state index in [1.54, 1.807) is 31.2 Å². The van der Waals surface area contributed by atoms with Gasteiger partial charge in [0.15, 0.2) is 0 Å². The van der Waals surface area contributed by atoms with Crippen molar-refractivity contribution >= 4 is 17.5 Å². The number of ether oxygens (including phenoxy) is 1. The highest BCUT2D eigenvalue weighted by Crippen LogP contribution is 2.26. The SMILES string of the molecule is CCOc1ccc(NC(=O)[C@@H](C)NC(=O)C2CCC2)cc1. The fourth-order valence-corrected chi connectivity index (χ4v) is 2.12. The Kier molecular flexibility index (Phi) is 5.20. The molecule has 1 aliphatic rings. The highest BCUT2D eigenvalue weighted by Gasteiger charge is 2.27. The fourth-order valence-electron chi connectivity index (χ4n) is 2.12. The predicted molar refractivity (Wildman–Crippen MR) is 81.2 cm³/mol. The van der Waals surface area contributed by atoms with Crippen molar-refractivity contribution < 1.29 is 14.3 Å². The minimum absolute atomic E-state index is 0.0180. The zero-order valence-corrected chi connectivity index (χ0v) is 12.5. The normalized spacial score (nSPS) is 15.7. The lowest BCUT2D eigenvalue weighted by Gasteiger charge is -2.25. The quantitative estimate of drug-likeness (QED) is 0.845. The van der Waals surface area contributed by atoms with Crippen LogP contribution in [0.15, 0.2) is 24.3 Å². The number of hydrogen-bond donors (Lipinski definition) is 2. The largest absolute Gasteiger partial charge is 0.494 e. The molecule has 1 aromatic rings. The van der Waals surface area contributed by atoms with Crippen LogP contribution in [0.1, 0.15) is 33.1 Å². The van der Waals surface area contributed by atoms with Gasteiger partial charge in [0.2, 0.25) is 11.8 Å². The molecule has 114 valence electrons. The topological polar surface area (TPSA) is 67.4 Å². The van der Waals surface area contributed by atoms with E-state index >= 15 is 0 Å². The zero-order chi connectivity index (χ0) is 15.2. The number of amides is 2. The van der Waals surface area contributed by atoms with Crippen LogP contribution in [-0.2, 0) is 9.59 Å². The molecular formula is C16H22N2O3. The summed E-state index contributed by atoms with van der Waals surface area (Å²) in [7, 11) is 0. The maximum absolute atomic E-state index is 12.0. The highest BCUT2D eigenvalue weighted by molar-refractivity contribution is 5.97. The molecule has 0 heterocycles. The summed E-state index contributed by atoms with van der Waals surface area (Å²) in [5, 5.41) is 5.54. The van der Waals surface area contributed by atoms with Crippen molar-refractivity contribution in [3.05, 3.63) is 24.3 Å². The van der Waals surface area contributed by atoms with Crippen LogP contribution < -0.4 is 15.4 Å². The summed E-state index contributed by atoms with van der Waals surface area (Å²) in [5.74, 6) is 0.620. The van der Waals surface area contributed by atoms with Crippen LogP contribution in [0.5, 0.6) is 5.75 Å². The molecule has 1 fully saturated rings. The van der Waals surface area contributed by atoms with Gasteiger partial charge in [0, 0.05) is 11.6 Å². The van der Waals surface area contributed by atoms with Gasteiger partial charge in [0.05, 0.1) is 6.61 Å². The third kappa shape index (κ3) is 4.21. The van der Waals surface area contributed by atoms with Crippen LogP contribution in [0, 0.1) is 5.92 Å². The Morgan fingerprint density at radius 2 is 1.95 bits per heavy atom. The zero-order valence-electron chi connectivity index (χ0n) is 12.5. The number of hydrogen-bond acceptors (Lipinski definition) is 3. The number of carbonyl (C=O) groups excluding carboxylic acids is 2. The summed E-state index contributed by atoms with van der Waals surface area (Å²) in [6, 6.07) is 6.63. The molecule has 21 heavy (non-hydrogen) atoms. The molecule has 0 saturated heterocycles. The van der Waals surface area contributed by atoms with Gasteiger partial charge in [-0.25, -0.2) is 0 Å². The lowest BCUT2D eigenvalue weighted by molar-refractivity contribution is -0.130. The number of rotatable bonds is 6. The number of nitrogens with one attached hydrogen (secondary N) is 2. The Labute approximate surface area is 125 Å². The van der Waals surface area contributed by atoms with Crippen molar-refractivity contribution in [2.24, 2.45) is 5.92 Å². The molecule has 0 unspecified atom stereocenters. The van der Waals surface area contributed by atoms with Gasteiger partial charge < -0.3 is 15.4 Å². The molecule has 0 spiro atoms. The first kappa shape index (κ1) is 15.4. The van der Waals surface area contributed by atoms with Gasteiger partial charge in [-0.1, -0.05) is 6.42 Å². The maximum Gasteiger partial charge on any atom is 0.246 e. The highest BCUT2D eigenvalue weighted by atomic mass is 16.5. The van der Waals surface area contributed by atoms with Crippen LogP contribution in [-0.4, -0.2) is 24.5 Å². The van der Waals surface area contributed by atoms with E-state index in [1.165, 1.54) is 0 Å². The van der Waals surface area contributed by atoms with Gasteiger partial charge in [-0.05, 0) is 51.0 Å². The van der Waals surface area contributed by atoms with E-state index in [0.29, 0.717) is 12.3 Å². The Balaban J connectivity index is 1.83. The number of anilines is 1. The summed E-state index contributed by atoms with van der Waals surface area (Å²) in [5.41, 5.74) is 0.688. The molecule has 0 aliphatic heterocycles. The summed E-state index contributed by atoms with van der Waals surface area (Å²) >= 11 is 0. The third-order valence-corrected chi connectivity index (χ3v) is 3.66. The Hall–Kier alpha value is -2.04. The molecule has 1 aromatic carbocycles. The van der Waals surface area contributed by atoms with E-state index in [-0.39, 0.29) is 17.7 Å². The van der Waals surface area contributed by atoms with Crippen LogP contribution in [0.25, 0.3) is 0 Å². The van der Waals surface area contributed by atoms with E-state index in [4.69, 9.17) is 4.74 Å². The van der Waals surface area contributed by atoms with Crippen molar-refractivity contribution in [1.82, 2.24) is 5.32 Å². The lowest BCUT2D eigenvalue weighted by Crippen LogP contribution is -2.45. The van der Waals surface area contributed by atoms with Gasteiger partial charge in [-0.2, -0.15) is 0 Å². The second kappa shape index (κ2) is 7.11. The van der Waals surface area contributed by atoms with Crippen LogP contribution in [0.4, 0.5) is 5.69 Å². The molecule has 2 rings (SSSR count). The third-order valence-electron chi connectivity index (χ3n) is 3.66. The van der Waals surface area contributed by atoms with Crippen LogP contribution >= 0.6 is 0 Å². The predicted octanol–water partition coefficient (Wildman–Crippen LogP) is 2.33. The second-order valence-corrected chi connectivity index (χ2v) is 5.30. The smallest absolute Gasteiger partial charge is 0.246 e. The van der Waals surface area contributed by atoms with Gasteiger partial charge in [0.25, 0.3) is 0 Å². The molecule has 1 saturated carbocycles. The van der Waals surface area contributed by atoms with E-state index in [9.17, 15) is 9.59 Å². The average Bonchev–Trinajstić information content (AvgIpc) is 2.39. The van der Waals surface area contributed by atoms with Crippen molar-refractivity contribution in [3.8, 4) is 5.75 Å². The Morgan fingerprint density at radius 1 is 1.29 bits per heavy atom. The standard InChI is InChI=1S/C16H22N2O3/c1-3-21-14-9-7-13(8-10-14)18-15(19)11(2)17-16(20)12-5-4-6-12/h7-12H,3-6H2,1-2H3,(H,17,20)(H,18,19)/t11-/m1/s1. The van der Waals surface area contributed by atoms with Gasteiger partial charge in [0.1, 0.15) is 11.8 Å². The first-order valence-corrected chi connectivity index (χ1v) is 7.44. The van der Waals surface area contributed by atoms with Crippen molar-refractivity contribution in [1.29, 1.82) is 0 Å². The summed E-state index contributed by atoms with van der Waals surface area (Å²) in [6.45, 7) is 4.22. The minimum atomic E-state index is -0.537. The van der Waals surface area contributed by atoms with Crippen LogP contribution in [0.2, 0.25) is 0 Å². The maximum atomic E-state index is 12.0. The first-order chi connectivity index (χ1) is 10.1. The van der Waals surface area contributed by atoms with E-state index in [1.807, 2.05) is 6.92 Å². The van der Waals surface area contributed by atoms with Crippen molar-refractivity contribution in [3.63, 3.8) is 0 Å². The Bertz CT molecular complexity index is 495. The fraction of sp³-hybridized carbons (Fsp3) is 0.500. The average molecular weight is 290 g/mol. The molecule has 2 amide bonds. The van der Waals surface area contributed by atoms with Gasteiger partial charge >= 0.3 is 0 Å². The van der Waals surface area contributed by atoms with Crippen molar-refractivity contribution in [2.45, 2.75) is 39.2 Å². The molecule has 0 aromatic heterocycles. The molecule has 1 aliphatic carbocycles. The summed E-state index contributed by atoms with van der Waals surface area (Å²) in [4.78, 5) is 23.8. The molecule has 5 nitrogen and oxygen atoms in total. The van der Waals surface area contributed by atoms with Gasteiger partial charge in [-0.3, -0.25) is 9.59 Å². The lowest BCUT2D eigenvalue weighted by atomic mass is 9.84. The van der Waals surface area contributed by atoms with E-state index in [0.717, 1.165) is 25.0 Å². The molecule has 2 N–H and O–H groups in total. The summed E-state index contributed by atoms with van der Waals surface area (Å²) < 4.78 is 5.34. The van der Waals surface area contributed by atoms with Crippen LogP contribution in [0.3, 0.4) is 0 Å². The summed E-state index contributed by atoms with van der Waals surface area (Å²) in [6.07, 6.45) is 2.96. The van der Waals surface area contributed by atoms with Crippen molar-refractivity contribution in [2.75, 3.05) is 11.9 Å². The Morgan fingerprint density at radius 3 is 2.48 bits per heavy atom. The van der Waals surface area contributed by atoms with E-state index < -0.39 is 6.04 Å². The number of benzene rings is 1. The molecule has 1 atom stereocenters. The minimum Gasteiger partial charge on any atom is -0.494 e. The monoisotopic (exact) mass is 290 g/mol. The van der Waals surface area contributed by atoms with Gasteiger partial charge in [-0.15, -0.1) is 0 Å². The second-order valence-electron chi connectivity index (χ2n) is 5.30. The number of carbonyl (C=O) groups is 2. The molecular weight excluding hydrogens is 268 g/mol. The first-order valence-electron chi connectivity index (χ1n) is 7.44.